The van der Waals surface area contributed by atoms with Crippen LogP contribution in [0.5, 0.6) is 5.75 Å². The Bertz CT molecular complexity index is 492. The lowest BCUT2D eigenvalue weighted by molar-refractivity contribution is -0.117. The van der Waals surface area contributed by atoms with Crippen LogP contribution in [0.2, 0.25) is 0 Å². The zero-order valence-corrected chi connectivity index (χ0v) is 13.8. The zero-order chi connectivity index (χ0) is 15.9. The summed E-state index contributed by atoms with van der Waals surface area (Å²) in [7, 11) is 1.38. The van der Waals surface area contributed by atoms with Gasteiger partial charge in [0.2, 0.25) is 0 Å². The molecular formula is C18H26O4. The predicted molar refractivity (Wildman–Crippen MR) is 85.2 cm³/mol. The lowest BCUT2D eigenvalue weighted by atomic mass is 9.98. The van der Waals surface area contributed by atoms with E-state index in [2.05, 4.69) is 0 Å². The Morgan fingerprint density at radius 3 is 2.64 bits per heavy atom. The number of hydrogen-bond donors (Lipinski definition) is 0. The van der Waals surface area contributed by atoms with E-state index in [1.165, 1.54) is 26.4 Å². The van der Waals surface area contributed by atoms with E-state index < -0.39 is 0 Å². The quantitative estimate of drug-likeness (QED) is 0.586. The van der Waals surface area contributed by atoms with Crippen LogP contribution in [0, 0.1) is 0 Å². The van der Waals surface area contributed by atoms with Crippen molar-refractivity contribution in [3.05, 3.63) is 29.3 Å². The number of hydrogen-bond acceptors (Lipinski definition) is 4. The van der Waals surface area contributed by atoms with Crippen molar-refractivity contribution in [3.8, 4) is 5.75 Å². The molecule has 1 saturated carbocycles. The van der Waals surface area contributed by atoms with Crippen molar-refractivity contribution in [2.75, 3.05) is 7.11 Å². The summed E-state index contributed by atoms with van der Waals surface area (Å²) >= 11 is 0. The van der Waals surface area contributed by atoms with E-state index in [0.29, 0.717) is 11.3 Å². The molecule has 1 atom stereocenters. The molecule has 22 heavy (non-hydrogen) atoms. The molecule has 0 saturated heterocycles. The lowest BCUT2D eigenvalue weighted by Gasteiger charge is -2.26. The second-order valence-corrected chi connectivity index (χ2v) is 5.76. The summed E-state index contributed by atoms with van der Waals surface area (Å²) in [5, 5.41) is 0. The molecular weight excluding hydrogens is 280 g/mol. The molecule has 1 aliphatic carbocycles. The molecule has 1 fully saturated rings. The Labute approximate surface area is 132 Å². The zero-order valence-electron chi connectivity index (χ0n) is 13.8. The smallest absolute Gasteiger partial charge is 0.341 e. The molecule has 0 radical (unpaired) electrons. The molecule has 1 aromatic carbocycles. The standard InChI is InChI=1S/C18H26O4/c1-4-14-10-11-17(16(12-14)18(19)20-3)22-13(2)21-15-8-6-5-7-9-15/h10-13,15H,4-9H2,1-3H3. The van der Waals surface area contributed by atoms with Gasteiger partial charge in [-0.05, 0) is 43.9 Å². The van der Waals surface area contributed by atoms with E-state index in [-0.39, 0.29) is 18.4 Å². The fourth-order valence-corrected chi connectivity index (χ4v) is 2.85. The third-order valence-corrected chi connectivity index (χ3v) is 4.09. The van der Waals surface area contributed by atoms with Gasteiger partial charge < -0.3 is 14.2 Å². The van der Waals surface area contributed by atoms with Gasteiger partial charge in [0.05, 0.1) is 13.2 Å². The van der Waals surface area contributed by atoms with Crippen molar-refractivity contribution in [1.29, 1.82) is 0 Å². The minimum Gasteiger partial charge on any atom is -0.465 e. The minimum absolute atomic E-state index is 0.264. The van der Waals surface area contributed by atoms with Gasteiger partial charge in [-0.3, -0.25) is 0 Å². The average molecular weight is 306 g/mol. The van der Waals surface area contributed by atoms with Gasteiger partial charge in [0.1, 0.15) is 11.3 Å². The van der Waals surface area contributed by atoms with Gasteiger partial charge in [0, 0.05) is 0 Å². The maximum absolute atomic E-state index is 11.9. The van der Waals surface area contributed by atoms with Crippen LogP contribution < -0.4 is 4.74 Å². The monoisotopic (exact) mass is 306 g/mol. The largest absolute Gasteiger partial charge is 0.465 e. The first-order valence-electron chi connectivity index (χ1n) is 8.17. The number of carbonyl (C=O) groups excluding carboxylic acids is 1. The number of carbonyl (C=O) groups is 1. The third kappa shape index (κ3) is 4.47. The molecule has 0 amide bonds. The van der Waals surface area contributed by atoms with Crippen LogP contribution in [-0.4, -0.2) is 25.5 Å². The number of rotatable bonds is 6. The minimum atomic E-state index is -0.379. The molecule has 1 aliphatic rings. The van der Waals surface area contributed by atoms with Crippen LogP contribution in [-0.2, 0) is 15.9 Å². The van der Waals surface area contributed by atoms with E-state index in [1.54, 1.807) is 0 Å². The average Bonchev–Trinajstić information content (AvgIpc) is 2.55. The number of methoxy groups -OCH3 is 1. The van der Waals surface area contributed by atoms with Gasteiger partial charge in [0.25, 0.3) is 0 Å². The van der Waals surface area contributed by atoms with Crippen LogP contribution in [0.1, 0.15) is 61.9 Å². The fraction of sp³-hybridized carbons (Fsp3) is 0.611. The van der Waals surface area contributed by atoms with Gasteiger partial charge >= 0.3 is 5.97 Å². The first-order chi connectivity index (χ1) is 10.6. The Hall–Kier alpha value is -1.55. The van der Waals surface area contributed by atoms with E-state index in [0.717, 1.165) is 24.8 Å². The number of esters is 1. The first kappa shape index (κ1) is 16.8. The summed E-state index contributed by atoms with van der Waals surface area (Å²) < 4.78 is 16.6. The Balaban J connectivity index is 2.05. The van der Waals surface area contributed by atoms with Crippen molar-refractivity contribution in [2.45, 2.75) is 64.8 Å². The third-order valence-electron chi connectivity index (χ3n) is 4.09. The van der Waals surface area contributed by atoms with Gasteiger partial charge in [-0.25, -0.2) is 4.79 Å². The predicted octanol–water partition coefficient (Wildman–Crippen LogP) is 4.11. The molecule has 1 aromatic rings. The highest BCUT2D eigenvalue weighted by Gasteiger charge is 2.20. The van der Waals surface area contributed by atoms with E-state index in [9.17, 15) is 4.79 Å². The molecule has 4 nitrogen and oxygen atoms in total. The van der Waals surface area contributed by atoms with Crippen LogP contribution >= 0.6 is 0 Å². The number of benzene rings is 1. The SMILES string of the molecule is CCc1ccc(OC(C)OC2CCCCC2)c(C(=O)OC)c1. The highest BCUT2D eigenvalue weighted by atomic mass is 16.7. The summed E-state index contributed by atoms with van der Waals surface area (Å²) in [5.41, 5.74) is 1.54. The normalized spacial score (nSPS) is 17.0. The van der Waals surface area contributed by atoms with Gasteiger partial charge in [0.15, 0.2) is 6.29 Å². The van der Waals surface area contributed by atoms with Gasteiger partial charge in [-0.1, -0.05) is 32.3 Å². The van der Waals surface area contributed by atoms with Crippen molar-refractivity contribution in [1.82, 2.24) is 0 Å². The Morgan fingerprint density at radius 1 is 1.27 bits per heavy atom. The van der Waals surface area contributed by atoms with Gasteiger partial charge in [-0.2, -0.15) is 0 Å². The van der Waals surface area contributed by atoms with Crippen LogP contribution in [0.15, 0.2) is 18.2 Å². The van der Waals surface area contributed by atoms with Crippen LogP contribution in [0.25, 0.3) is 0 Å². The number of ether oxygens (including phenoxy) is 3. The van der Waals surface area contributed by atoms with E-state index >= 15 is 0 Å². The maximum Gasteiger partial charge on any atom is 0.341 e. The highest BCUT2D eigenvalue weighted by molar-refractivity contribution is 5.92. The lowest BCUT2D eigenvalue weighted by Crippen LogP contribution is -2.26. The topological polar surface area (TPSA) is 44.8 Å². The Kier molecular flexibility index (Phi) is 6.25. The molecule has 4 heteroatoms. The molecule has 0 aliphatic heterocycles. The second-order valence-electron chi connectivity index (χ2n) is 5.76. The van der Waals surface area contributed by atoms with Crippen LogP contribution in [0.4, 0.5) is 0 Å². The molecule has 2 rings (SSSR count). The van der Waals surface area contributed by atoms with Crippen molar-refractivity contribution in [3.63, 3.8) is 0 Å². The summed E-state index contributed by atoms with van der Waals surface area (Å²) in [6, 6.07) is 5.62. The molecule has 0 aromatic heterocycles. The van der Waals surface area contributed by atoms with Crippen molar-refractivity contribution in [2.24, 2.45) is 0 Å². The molecule has 122 valence electrons. The summed E-state index contributed by atoms with van der Waals surface area (Å²) in [6.07, 6.45) is 6.66. The molecule has 0 bridgehead atoms. The number of aryl methyl sites for hydroxylation is 1. The fourth-order valence-electron chi connectivity index (χ4n) is 2.85. The van der Waals surface area contributed by atoms with Crippen molar-refractivity contribution < 1.29 is 19.0 Å². The molecule has 1 unspecified atom stereocenters. The molecule has 0 spiro atoms. The first-order valence-corrected chi connectivity index (χ1v) is 8.17. The van der Waals surface area contributed by atoms with Crippen molar-refractivity contribution >= 4 is 5.97 Å². The maximum atomic E-state index is 11.9. The van der Waals surface area contributed by atoms with Gasteiger partial charge in [-0.15, -0.1) is 0 Å². The van der Waals surface area contributed by atoms with E-state index in [4.69, 9.17) is 14.2 Å². The summed E-state index contributed by atoms with van der Waals surface area (Å²) in [5.74, 6) is 0.141. The summed E-state index contributed by atoms with van der Waals surface area (Å²) in [6.45, 7) is 3.93. The highest BCUT2D eigenvalue weighted by Crippen LogP contribution is 2.25. The summed E-state index contributed by atoms with van der Waals surface area (Å²) in [4.78, 5) is 11.9. The second kappa shape index (κ2) is 8.18. The van der Waals surface area contributed by atoms with E-state index in [1.807, 2.05) is 32.0 Å². The molecule has 0 heterocycles. The van der Waals surface area contributed by atoms with Crippen LogP contribution in [0.3, 0.4) is 0 Å². The Morgan fingerprint density at radius 2 is 2.00 bits per heavy atom. The molecule has 0 N–H and O–H groups in total.